The molecule has 1 aromatic carbocycles. The maximum atomic E-state index is 13.6. The number of amides is 4. The van der Waals surface area contributed by atoms with Gasteiger partial charge >= 0.3 is 0 Å². The van der Waals surface area contributed by atoms with Gasteiger partial charge in [0.1, 0.15) is 0 Å². The fraction of sp³-hybridized carbons (Fsp3) is 0.500. The number of nitrogens with one attached hydrogen (secondary N) is 1. The predicted molar refractivity (Wildman–Crippen MR) is 99.4 cm³/mol. The number of halogens is 3. The quantitative estimate of drug-likeness (QED) is 0.559. The van der Waals surface area contributed by atoms with E-state index in [4.69, 9.17) is 0 Å². The van der Waals surface area contributed by atoms with E-state index in [1.54, 1.807) is 0 Å². The van der Waals surface area contributed by atoms with E-state index in [1.165, 1.54) is 7.05 Å². The molecule has 0 bridgehead atoms. The molecule has 7 nitrogen and oxygen atoms in total. The van der Waals surface area contributed by atoms with E-state index < -0.39 is 41.5 Å². The van der Waals surface area contributed by atoms with Crippen LogP contribution in [0, 0.1) is 29.3 Å². The number of hydrogen-bond acceptors (Lipinski definition) is 4. The molecule has 1 saturated carbocycles. The first-order valence-corrected chi connectivity index (χ1v) is 9.73. The van der Waals surface area contributed by atoms with Gasteiger partial charge in [-0.1, -0.05) is 12.8 Å². The van der Waals surface area contributed by atoms with Gasteiger partial charge in [-0.3, -0.25) is 24.1 Å². The summed E-state index contributed by atoms with van der Waals surface area (Å²) in [5, 5.41) is 2.08. The topological polar surface area (TPSA) is 86.8 Å². The van der Waals surface area contributed by atoms with E-state index in [2.05, 4.69) is 5.32 Å². The number of likely N-dealkylation sites (N-methyl/N-ethyl adjacent to an activating group) is 1. The molecule has 2 fully saturated rings. The molecule has 2 atom stereocenters. The number of carbonyl (C=O) groups excluding carboxylic acids is 4. The summed E-state index contributed by atoms with van der Waals surface area (Å²) < 4.78 is 39.8. The van der Waals surface area contributed by atoms with Crippen LogP contribution in [0.4, 0.5) is 18.9 Å². The Balaban J connectivity index is 1.51. The highest BCUT2D eigenvalue weighted by molar-refractivity contribution is 6.05. The highest BCUT2D eigenvalue weighted by Gasteiger charge is 2.47. The van der Waals surface area contributed by atoms with Crippen LogP contribution in [-0.2, 0) is 19.2 Å². The van der Waals surface area contributed by atoms with Gasteiger partial charge in [0, 0.05) is 20.0 Å². The molecular weight excluding hydrogens is 403 g/mol. The number of hydrogen-bond donors (Lipinski definition) is 1. The number of anilines is 1. The number of nitrogens with zero attached hydrogens (tertiary/aromatic N) is 2. The first-order valence-electron chi connectivity index (χ1n) is 9.73. The monoisotopic (exact) mass is 425 g/mol. The lowest BCUT2D eigenvalue weighted by Gasteiger charge is -2.19. The van der Waals surface area contributed by atoms with Crippen LogP contribution in [0.15, 0.2) is 12.1 Å². The Morgan fingerprint density at radius 1 is 1.07 bits per heavy atom. The second-order valence-electron chi connectivity index (χ2n) is 7.60. The molecule has 1 aromatic rings. The molecular formula is C20H22F3N3O4. The zero-order valence-electron chi connectivity index (χ0n) is 16.4. The van der Waals surface area contributed by atoms with Crippen LogP contribution in [0.1, 0.15) is 32.1 Å². The number of fused-ring (bicyclic) bond motifs is 1. The van der Waals surface area contributed by atoms with Crippen LogP contribution in [0.2, 0.25) is 0 Å². The molecule has 3 rings (SSSR count). The SMILES string of the molecule is CN(CC(=O)Nc1ccc(F)c(F)c1F)C(=O)CCN1C(=O)[C@@H]2CCCC[C@H]2C1=O. The van der Waals surface area contributed by atoms with Crippen molar-refractivity contribution in [3.8, 4) is 0 Å². The summed E-state index contributed by atoms with van der Waals surface area (Å²) in [6, 6.07) is 1.54. The van der Waals surface area contributed by atoms with E-state index in [0.29, 0.717) is 18.9 Å². The summed E-state index contributed by atoms with van der Waals surface area (Å²) in [4.78, 5) is 51.3. The summed E-state index contributed by atoms with van der Waals surface area (Å²) >= 11 is 0. The summed E-state index contributed by atoms with van der Waals surface area (Å²) in [6.07, 6.45) is 3.02. The average Bonchev–Trinajstić information content (AvgIpc) is 2.97. The Morgan fingerprint density at radius 2 is 1.67 bits per heavy atom. The van der Waals surface area contributed by atoms with E-state index in [1.807, 2.05) is 0 Å². The second kappa shape index (κ2) is 8.85. The van der Waals surface area contributed by atoms with Crippen molar-refractivity contribution >= 4 is 29.3 Å². The third-order valence-corrected chi connectivity index (χ3v) is 5.60. The van der Waals surface area contributed by atoms with Crippen molar-refractivity contribution in [2.75, 3.05) is 25.5 Å². The van der Waals surface area contributed by atoms with Crippen LogP contribution in [0.3, 0.4) is 0 Å². The summed E-state index contributed by atoms with van der Waals surface area (Å²) in [7, 11) is 1.33. The minimum Gasteiger partial charge on any atom is -0.336 e. The van der Waals surface area contributed by atoms with Gasteiger partial charge in [0.2, 0.25) is 23.6 Å². The summed E-state index contributed by atoms with van der Waals surface area (Å²) in [6.45, 7) is -0.530. The zero-order valence-corrected chi connectivity index (χ0v) is 16.4. The minimum absolute atomic E-state index is 0.0622. The third kappa shape index (κ3) is 4.31. The number of imide groups is 1. The predicted octanol–water partition coefficient (Wildman–Crippen LogP) is 2.07. The maximum absolute atomic E-state index is 13.6. The van der Waals surface area contributed by atoms with Gasteiger partial charge in [-0.25, -0.2) is 13.2 Å². The van der Waals surface area contributed by atoms with E-state index >= 15 is 0 Å². The lowest BCUT2D eigenvalue weighted by atomic mass is 9.81. The number of rotatable bonds is 6. The Labute approximate surface area is 171 Å². The molecule has 0 spiro atoms. The molecule has 0 aromatic heterocycles. The third-order valence-electron chi connectivity index (χ3n) is 5.60. The van der Waals surface area contributed by atoms with E-state index in [0.717, 1.165) is 28.7 Å². The molecule has 1 saturated heterocycles. The maximum Gasteiger partial charge on any atom is 0.244 e. The van der Waals surface area contributed by atoms with Crippen LogP contribution in [-0.4, -0.2) is 53.6 Å². The number of benzene rings is 1. The zero-order chi connectivity index (χ0) is 22.0. The number of likely N-dealkylation sites (tertiary alicyclic amines) is 1. The molecule has 1 aliphatic carbocycles. The van der Waals surface area contributed by atoms with Crippen molar-refractivity contribution in [1.82, 2.24) is 9.80 Å². The van der Waals surface area contributed by atoms with Crippen molar-refractivity contribution in [3.05, 3.63) is 29.6 Å². The van der Waals surface area contributed by atoms with Gasteiger partial charge in [0.05, 0.1) is 24.1 Å². The van der Waals surface area contributed by atoms with E-state index in [9.17, 15) is 32.3 Å². The smallest absolute Gasteiger partial charge is 0.244 e. The van der Waals surface area contributed by atoms with Crippen LogP contribution in [0.5, 0.6) is 0 Å². The average molecular weight is 425 g/mol. The molecule has 4 amide bonds. The molecule has 2 aliphatic rings. The van der Waals surface area contributed by atoms with Crippen molar-refractivity contribution in [2.45, 2.75) is 32.1 Å². The first kappa shape index (κ1) is 21.8. The summed E-state index contributed by atoms with van der Waals surface area (Å²) in [5.74, 6) is -7.02. The lowest BCUT2D eigenvalue weighted by molar-refractivity contribution is -0.141. The Bertz CT molecular complexity index is 868. The molecule has 30 heavy (non-hydrogen) atoms. The fourth-order valence-corrected chi connectivity index (χ4v) is 3.97. The molecule has 0 radical (unpaired) electrons. The minimum atomic E-state index is -1.71. The van der Waals surface area contributed by atoms with Crippen molar-refractivity contribution < 1.29 is 32.3 Å². The molecule has 1 N–H and O–H groups in total. The normalized spacial score (nSPS) is 20.9. The molecule has 1 aliphatic heterocycles. The highest BCUT2D eigenvalue weighted by atomic mass is 19.2. The van der Waals surface area contributed by atoms with Crippen LogP contribution < -0.4 is 5.32 Å². The first-order chi connectivity index (χ1) is 14.2. The van der Waals surface area contributed by atoms with Crippen molar-refractivity contribution in [1.29, 1.82) is 0 Å². The van der Waals surface area contributed by atoms with Gasteiger partial charge in [0.25, 0.3) is 0 Å². The Morgan fingerprint density at radius 3 is 2.27 bits per heavy atom. The molecule has 162 valence electrons. The molecule has 1 heterocycles. The largest absolute Gasteiger partial charge is 0.336 e. The summed E-state index contributed by atoms with van der Waals surface area (Å²) in [5.41, 5.74) is -0.546. The molecule has 0 unspecified atom stereocenters. The van der Waals surface area contributed by atoms with Crippen molar-refractivity contribution in [2.24, 2.45) is 11.8 Å². The Hall–Kier alpha value is -2.91. The highest BCUT2D eigenvalue weighted by Crippen LogP contribution is 2.38. The standard InChI is InChI=1S/C20H22F3N3O4/c1-25(10-15(27)24-14-7-6-13(21)17(22)18(14)23)16(28)8-9-26-19(29)11-4-2-3-5-12(11)20(26)30/h6-7,11-12H,2-5,8-10H2,1H3,(H,24,27)/t11-,12-/m1/s1. The second-order valence-corrected chi connectivity index (χ2v) is 7.60. The fourth-order valence-electron chi connectivity index (χ4n) is 3.97. The van der Waals surface area contributed by atoms with Gasteiger partial charge < -0.3 is 10.2 Å². The molecule has 10 heteroatoms. The van der Waals surface area contributed by atoms with Gasteiger partial charge in [0.15, 0.2) is 17.5 Å². The van der Waals surface area contributed by atoms with E-state index in [-0.39, 0.29) is 36.6 Å². The van der Waals surface area contributed by atoms with Crippen LogP contribution in [0.25, 0.3) is 0 Å². The van der Waals surface area contributed by atoms with Gasteiger partial charge in [-0.05, 0) is 25.0 Å². The van der Waals surface area contributed by atoms with Crippen molar-refractivity contribution in [3.63, 3.8) is 0 Å². The lowest BCUT2D eigenvalue weighted by Crippen LogP contribution is -2.38. The van der Waals surface area contributed by atoms with Gasteiger partial charge in [-0.2, -0.15) is 0 Å². The number of carbonyl (C=O) groups is 4. The Kier molecular flexibility index (Phi) is 6.42. The van der Waals surface area contributed by atoms with Gasteiger partial charge in [-0.15, -0.1) is 0 Å². The van der Waals surface area contributed by atoms with Crippen LogP contribution >= 0.6 is 0 Å².